The maximum absolute atomic E-state index is 12.0. The molecule has 0 radical (unpaired) electrons. The molecule has 0 atom stereocenters. The lowest BCUT2D eigenvalue weighted by Crippen LogP contribution is -1.99. The van der Waals surface area contributed by atoms with Crippen LogP contribution in [0.3, 0.4) is 0 Å². The monoisotopic (exact) mass is 714 g/mol. The lowest BCUT2D eigenvalue weighted by Gasteiger charge is -2.12. The third-order valence-electron chi connectivity index (χ3n) is 5.30. The van der Waals surface area contributed by atoms with Crippen molar-refractivity contribution < 1.29 is 57.2 Å². The van der Waals surface area contributed by atoms with E-state index >= 15 is 0 Å². The first-order valence-corrected chi connectivity index (χ1v) is 14.8. The highest BCUT2D eigenvalue weighted by Gasteiger charge is 2.23. The van der Waals surface area contributed by atoms with Crippen LogP contribution in [0.2, 0.25) is 0 Å². The van der Waals surface area contributed by atoms with E-state index in [0.717, 1.165) is 18.1 Å². The lowest BCUT2D eigenvalue weighted by molar-refractivity contribution is -0.432. The fraction of sp³-hybridized carbons (Fsp3) is 0. The van der Waals surface area contributed by atoms with Crippen molar-refractivity contribution in [3.05, 3.63) is 70.7 Å². The smallest absolute Gasteiger partial charge is 0.338 e. The van der Waals surface area contributed by atoms with Crippen molar-refractivity contribution in [1.29, 1.82) is 0 Å². The highest BCUT2D eigenvalue weighted by atomic mass is 79.9. The van der Waals surface area contributed by atoms with Crippen LogP contribution in [0.25, 0.3) is 10.8 Å². The summed E-state index contributed by atoms with van der Waals surface area (Å²) in [5, 5.41) is 60.5. The Bertz CT molecular complexity index is 1840. The van der Waals surface area contributed by atoms with E-state index in [9.17, 15) is 28.0 Å². The number of nitrogens with zero attached hydrogens (tertiary/aromatic N) is 4. The number of carboxylic acid groups (broad SMARTS) is 1. The molecule has 0 saturated carbocycles. The molecule has 0 bridgehead atoms. The van der Waals surface area contributed by atoms with Crippen molar-refractivity contribution in [3.63, 3.8) is 0 Å². The first kappa shape index (κ1) is 32.4. The number of benzene rings is 4. The molecule has 16 nitrogen and oxygen atoms in total. The minimum Gasteiger partial charge on any atom is -0.505 e. The molecule has 0 aromatic heterocycles. The van der Waals surface area contributed by atoms with Gasteiger partial charge in [0.05, 0.1) is 45.9 Å². The van der Waals surface area contributed by atoms with Gasteiger partial charge in [-0.05, 0) is 60.7 Å². The fourth-order valence-corrected chi connectivity index (χ4v) is 5.57. The van der Waals surface area contributed by atoms with Crippen molar-refractivity contribution in [2.75, 3.05) is 0 Å². The summed E-state index contributed by atoms with van der Waals surface area (Å²) in [4.78, 5) is 11.9. The molecule has 20 heteroatoms. The molecule has 0 aliphatic rings. The number of aromatic carboxylic acids is 1. The number of halogens is 1. The molecule has 4 aromatic carbocycles. The maximum atomic E-state index is 12.0. The van der Waals surface area contributed by atoms with Crippen molar-refractivity contribution in [2.24, 2.45) is 20.5 Å². The number of carbonyl (C=O) groups is 1. The van der Waals surface area contributed by atoms with Crippen LogP contribution in [-0.2, 0) is 28.9 Å². The molecule has 4 aromatic rings. The molecule has 0 aliphatic carbocycles. The Morgan fingerprint density at radius 2 is 1.49 bits per heavy atom. The van der Waals surface area contributed by atoms with E-state index in [1.807, 2.05) is 0 Å². The van der Waals surface area contributed by atoms with Crippen LogP contribution in [0.4, 0.5) is 22.7 Å². The zero-order valence-corrected chi connectivity index (χ0v) is 24.8. The average Bonchev–Trinajstić information content (AvgIpc) is 2.97. The number of hydrogen-bond acceptors (Lipinski definition) is 16. The highest BCUT2D eigenvalue weighted by Crippen LogP contribution is 2.47. The van der Waals surface area contributed by atoms with Gasteiger partial charge in [-0.25, -0.2) is 15.3 Å². The van der Waals surface area contributed by atoms with Crippen LogP contribution < -0.4 is 0 Å². The fourth-order valence-electron chi connectivity index (χ4n) is 3.52. The summed E-state index contributed by atoms with van der Waals surface area (Å²) in [6.07, 6.45) is 0. The number of aromatic hydroxyl groups is 1. The normalized spacial score (nSPS) is 12.1. The van der Waals surface area contributed by atoms with Gasteiger partial charge in [0.15, 0.2) is 5.75 Å². The standard InChI is InChI=1S/C23H15BrN4O12S3/c24-16-6-8-19(43(34,35)36)15-10-18(42-40-38-33)21(22(29)20(15)16)28-27-17-7-3-12(9-14(17)23(30)31)26-25-11-1-4-13(5-2-11)41-39-37-32/h1-10,29,32-33H,(H,30,31)(H,34,35,36). The average molecular weight is 715 g/mol. The van der Waals surface area contributed by atoms with Crippen LogP contribution in [0, 0.1) is 0 Å². The predicted octanol–water partition coefficient (Wildman–Crippen LogP) is 7.94. The lowest BCUT2D eigenvalue weighted by atomic mass is 10.1. The van der Waals surface area contributed by atoms with E-state index in [2.05, 4.69) is 55.1 Å². The highest BCUT2D eigenvalue weighted by molar-refractivity contribution is 9.10. The van der Waals surface area contributed by atoms with Crippen molar-refractivity contribution in [3.8, 4) is 5.75 Å². The second-order valence-electron chi connectivity index (χ2n) is 7.87. The van der Waals surface area contributed by atoms with E-state index in [4.69, 9.17) is 10.5 Å². The number of carboxylic acids is 1. The van der Waals surface area contributed by atoms with Gasteiger partial charge < -0.3 is 10.2 Å². The topological polar surface area (TPSA) is 239 Å². The van der Waals surface area contributed by atoms with Crippen LogP contribution in [0.5, 0.6) is 5.75 Å². The molecule has 224 valence electrons. The van der Waals surface area contributed by atoms with Gasteiger partial charge in [0.25, 0.3) is 10.1 Å². The van der Waals surface area contributed by atoms with E-state index in [-0.39, 0.29) is 42.8 Å². The molecular weight excluding hydrogens is 700 g/mol. The van der Waals surface area contributed by atoms with Crippen LogP contribution in [-0.4, -0.2) is 39.7 Å². The van der Waals surface area contributed by atoms with Gasteiger partial charge in [0.1, 0.15) is 16.3 Å². The Balaban J connectivity index is 1.72. The zero-order valence-electron chi connectivity index (χ0n) is 20.8. The third kappa shape index (κ3) is 7.90. The SMILES string of the molecule is O=C(O)c1cc(N=Nc2ccc(SOOO)cc2)ccc1N=Nc1c(SOOO)cc2c(S(=O)(=O)O)ccc(Br)c2c1O. The first-order chi connectivity index (χ1) is 20.5. The van der Waals surface area contributed by atoms with Crippen LogP contribution in [0.1, 0.15) is 10.4 Å². The first-order valence-electron chi connectivity index (χ1n) is 11.1. The Kier molecular flexibility index (Phi) is 10.8. The van der Waals surface area contributed by atoms with Crippen molar-refractivity contribution in [1.82, 2.24) is 0 Å². The molecular formula is C23H15BrN4O12S3. The Hall–Kier alpha value is -3.54. The molecule has 5 N–H and O–H groups in total. The van der Waals surface area contributed by atoms with Gasteiger partial charge in [-0.1, -0.05) is 26.0 Å². The number of azo groups is 2. The molecule has 43 heavy (non-hydrogen) atoms. The molecule has 0 unspecified atom stereocenters. The molecule has 0 aliphatic heterocycles. The number of phenolic OH excluding ortho intramolecular Hbond substituents is 1. The van der Waals surface area contributed by atoms with E-state index < -0.39 is 26.7 Å². The van der Waals surface area contributed by atoms with Gasteiger partial charge in [0, 0.05) is 20.1 Å². The Labute approximate surface area is 257 Å². The summed E-state index contributed by atoms with van der Waals surface area (Å²) in [5.74, 6) is -2.00. The molecule has 4 rings (SSSR count). The van der Waals surface area contributed by atoms with Gasteiger partial charge >= 0.3 is 5.97 Å². The summed E-state index contributed by atoms with van der Waals surface area (Å²) in [6.45, 7) is 0. The number of fused-ring (bicyclic) bond motifs is 1. The molecule has 0 heterocycles. The number of hydrogen-bond donors (Lipinski definition) is 5. The summed E-state index contributed by atoms with van der Waals surface area (Å²) >= 11 is 4.28. The molecule has 0 fully saturated rings. The van der Waals surface area contributed by atoms with Crippen LogP contribution >= 0.6 is 40.0 Å². The molecule has 0 amide bonds. The van der Waals surface area contributed by atoms with E-state index in [0.29, 0.717) is 22.6 Å². The van der Waals surface area contributed by atoms with Crippen molar-refractivity contribution >= 4 is 89.6 Å². The largest absolute Gasteiger partial charge is 0.505 e. The third-order valence-corrected chi connectivity index (χ3v) is 8.09. The van der Waals surface area contributed by atoms with Crippen LogP contribution in [0.15, 0.2) is 100 Å². The maximum Gasteiger partial charge on any atom is 0.338 e. The van der Waals surface area contributed by atoms with Gasteiger partial charge in [-0.2, -0.15) is 18.6 Å². The summed E-state index contributed by atoms with van der Waals surface area (Å²) in [7, 11) is -4.73. The second kappa shape index (κ2) is 14.3. The van der Waals surface area contributed by atoms with Gasteiger partial charge in [0.2, 0.25) is 0 Å². The number of rotatable bonds is 12. The Morgan fingerprint density at radius 1 is 0.837 bits per heavy atom. The van der Waals surface area contributed by atoms with E-state index in [1.165, 1.54) is 30.3 Å². The quantitative estimate of drug-likeness (QED) is 0.0308. The predicted molar refractivity (Wildman–Crippen MR) is 153 cm³/mol. The number of phenols is 1. The van der Waals surface area contributed by atoms with Gasteiger partial charge in [-0.15, -0.1) is 18.9 Å². The summed E-state index contributed by atoms with van der Waals surface area (Å²) in [6, 6.07) is 13.8. The minimum absolute atomic E-state index is 0.0755. The summed E-state index contributed by atoms with van der Waals surface area (Å²) < 4.78 is 42.5. The van der Waals surface area contributed by atoms with E-state index in [1.54, 1.807) is 24.3 Å². The van der Waals surface area contributed by atoms with Gasteiger partial charge in [-0.3, -0.25) is 4.55 Å². The minimum atomic E-state index is -4.73. The Morgan fingerprint density at radius 3 is 2.14 bits per heavy atom. The zero-order chi connectivity index (χ0) is 31.1. The second-order valence-corrected chi connectivity index (χ2v) is 11.6. The molecule has 0 saturated heterocycles. The van der Waals surface area contributed by atoms with Crippen molar-refractivity contribution in [2.45, 2.75) is 14.7 Å². The molecule has 0 spiro atoms. The summed E-state index contributed by atoms with van der Waals surface area (Å²) in [5.41, 5.74) is -0.219.